The van der Waals surface area contributed by atoms with Crippen molar-refractivity contribution in [2.24, 2.45) is 5.92 Å². The van der Waals surface area contributed by atoms with E-state index in [1.807, 2.05) is 30.3 Å². The predicted molar refractivity (Wildman–Crippen MR) is 76.8 cm³/mol. The van der Waals surface area contributed by atoms with Gasteiger partial charge in [0.1, 0.15) is 5.75 Å². The van der Waals surface area contributed by atoms with Gasteiger partial charge in [-0.15, -0.1) is 0 Å². The zero-order valence-corrected chi connectivity index (χ0v) is 11.3. The Labute approximate surface area is 121 Å². The Bertz CT molecular complexity index is 725. The van der Waals surface area contributed by atoms with Crippen LogP contribution in [0.4, 0.5) is 0 Å². The van der Waals surface area contributed by atoms with Crippen LogP contribution in [0.15, 0.2) is 36.4 Å². The minimum absolute atomic E-state index is 0.0286. The van der Waals surface area contributed by atoms with Gasteiger partial charge in [0.05, 0.1) is 5.92 Å². The lowest BCUT2D eigenvalue weighted by atomic mass is 10.0. The number of carbonyl (C=O) groups excluding carboxylic acids is 1. The van der Waals surface area contributed by atoms with Crippen molar-refractivity contribution in [1.29, 1.82) is 0 Å². The smallest absolute Gasteiger partial charge is 0.308 e. The molecule has 5 heteroatoms. The number of phenolic OH excluding ortho intramolecular Hbond substituents is 1. The summed E-state index contributed by atoms with van der Waals surface area (Å²) in [5, 5.41) is 20.9. The summed E-state index contributed by atoms with van der Waals surface area (Å²) < 4.78 is 0. The van der Waals surface area contributed by atoms with Crippen LogP contribution in [0.2, 0.25) is 0 Å². The van der Waals surface area contributed by atoms with Crippen LogP contribution in [0.3, 0.4) is 0 Å². The monoisotopic (exact) mass is 285 g/mol. The molecule has 0 radical (unpaired) electrons. The third-order valence-electron chi connectivity index (χ3n) is 3.93. The third-order valence-corrected chi connectivity index (χ3v) is 3.93. The molecule has 3 rings (SSSR count). The van der Waals surface area contributed by atoms with E-state index < -0.39 is 11.9 Å². The number of carboxylic acids is 1. The van der Waals surface area contributed by atoms with Crippen molar-refractivity contribution in [3.05, 3.63) is 42.0 Å². The molecule has 0 spiro atoms. The van der Waals surface area contributed by atoms with Gasteiger partial charge in [-0.1, -0.05) is 30.3 Å². The number of carbonyl (C=O) groups is 2. The van der Waals surface area contributed by atoms with Crippen LogP contribution in [0.25, 0.3) is 10.8 Å². The first kappa shape index (κ1) is 13.4. The van der Waals surface area contributed by atoms with E-state index >= 15 is 0 Å². The summed E-state index contributed by atoms with van der Waals surface area (Å²) in [6.45, 7) is 0.423. The number of rotatable bonds is 3. The highest BCUT2D eigenvalue weighted by atomic mass is 16.4. The first-order valence-corrected chi connectivity index (χ1v) is 6.76. The van der Waals surface area contributed by atoms with Crippen LogP contribution in [-0.2, 0) is 16.1 Å². The number of benzene rings is 2. The molecule has 1 aliphatic heterocycles. The molecule has 2 aromatic carbocycles. The SMILES string of the molecule is O=C(O)C1CC(=O)N(Cc2c(O)ccc3ccccc23)C1. The molecule has 1 fully saturated rings. The van der Waals surface area contributed by atoms with Crippen molar-refractivity contribution < 1.29 is 19.8 Å². The molecular formula is C16H15NO4. The van der Waals surface area contributed by atoms with Crippen molar-refractivity contribution in [3.63, 3.8) is 0 Å². The first-order chi connectivity index (χ1) is 10.1. The van der Waals surface area contributed by atoms with Crippen LogP contribution < -0.4 is 0 Å². The molecule has 1 heterocycles. The van der Waals surface area contributed by atoms with E-state index in [1.54, 1.807) is 6.07 Å². The number of amides is 1. The summed E-state index contributed by atoms with van der Waals surface area (Å²) in [6.07, 6.45) is 0.0286. The van der Waals surface area contributed by atoms with E-state index in [2.05, 4.69) is 0 Å². The van der Waals surface area contributed by atoms with Crippen molar-refractivity contribution in [2.45, 2.75) is 13.0 Å². The zero-order valence-electron chi connectivity index (χ0n) is 11.3. The molecule has 108 valence electrons. The van der Waals surface area contributed by atoms with Gasteiger partial charge in [0, 0.05) is 25.1 Å². The maximum atomic E-state index is 11.9. The van der Waals surface area contributed by atoms with Gasteiger partial charge in [0.2, 0.25) is 5.91 Å². The zero-order chi connectivity index (χ0) is 15.0. The van der Waals surface area contributed by atoms with Gasteiger partial charge in [-0.2, -0.15) is 0 Å². The summed E-state index contributed by atoms with van der Waals surface area (Å²) in [5.41, 5.74) is 0.660. The molecule has 1 atom stereocenters. The summed E-state index contributed by atoms with van der Waals surface area (Å²) in [7, 11) is 0. The molecule has 0 aliphatic carbocycles. The van der Waals surface area contributed by atoms with Crippen LogP contribution in [0, 0.1) is 5.92 Å². The molecule has 1 saturated heterocycles. The Hall–Kier alpha value is -2.56. The Morgan fingerprint density at radius 2 is 2.00 bits per heavy atom. The molecule has 2 aromatic rings. The number of carboxylic acid groups (broad SMARTS) is 1. The molecule has 0 saturated carbocycles. The Morgan fingerprint density at radius 1 is 1.24 bits per heavy atom. The van der Waals surface area contributed by atoms with Crippen LogP contribution in [0.1, 0.15) is 12.0 Å². The summed E-state index contributed by atoms with van der Waals surface area (Å²) in [6, 6.07) is 11.0. The fraction of sp³-hybridized carbons (Fsp3) is 0.250. The first-order valence-electron chi connectivity index (χ1n) is 6.76. The predicted octanol–water partition coefficient (Wildman–Crippen LogP) is 1.98. The van der Waals surface area contributed by atoms with Gasteiger partial charge in [-0.05, 0) is 16.8 Å². The highest BCUT2D eigenvalue weighted by molar-refractivity contribution is 5.89. The minimum atomic E-state index is -0.951. The summed E-state index contributed by atoms with van der Waals surface area (Å²) in [5.74, 6) is -1.67. The van der Waals surface area contributed by atoms with Crippen LogP contribution in [0.5, 0.6) is 5.75 Å². The molecule has 5 nitrogen and oxygen atoms in total. The lowest BCUT2D eigenvalue weighted by Gasteiger charge is -2.18. The second-order valence-electron chi connectivity index (χ2n) is 5.30. The van der Waals surface area contributed by atoms with Gasteiger partial charge >= 0.3 is 5.97 Å². The highest BCUT2D eigenvalue weighted by Gasteiger charge is 2.34. The second kappa shape index (κ2) is 5.09. The molecule has 1 amide bonds. The quantitative estimate of drug-likeness (QED) is 0.904. The number of hydrogen-bond acceptors (Lipinski definition) is 3. The van der Waals surface area contributed by atoms with Crippen molar-refractivity contribution >= 4 is 22.6 Å². The maximum absolute atomic E-state index is 11.9. The van der Waals surface area contributed by atoms with E-state index in [9.17, 15) is 14.7 Å². The van der Waals surface area contributed by atoms with Gasteiger partial charge in [-0.3, -0.25) is 9.59 Å². The van der Waals surface area contributed by atoms with E-state index in [-0.39, 0.29) is 31.2 Å². The van der Waals surface area contributed by atoms with Gasteiger partial charge in [0.25, 0.3) is 0 Å². The molecule has 0 aromatic heterocycles. The van der Waals surface area contributed by atoms with E-state index in [1.165, 1.54) is 4.90 Å². The molecular weight excluding hydrogens is 270 g/mol. The van der Waals surface area contributed by atoms with Gasteiger partial charge in [-0.25, -0.2) is 0 Å². The van der Waals surface area contributed by atoms with E-state index in [4.69, 9.17) is 5.11 Å². The Kier molecular flexibility index (Phi) is 3.25. The molecule has 0 bridgehead atoms. The number of hydrogen-bond donors (Lipinski definition) is 2. The largest absolute Gasteiger partial charge is 0.508 e. The van der Waals surface area contributed by atoms with Gasteiger partial charge < -0.3 is 15.1 Å². The fourth-order valence-electron chi connectivity index (χ4n) is 2.77. The summed E-state index contributed by atoms with van der Waals surface area (Å²) >= 11 is 0. The van der Waals surface area contributed by atoms with Crippen molar-refractivity contribution in [1.82, 2.24) is 4.90 Å². The minimum Gasteiger partial charge on any atom is -0.508 e. The van der Waals surface area contributed by atoms with E-state index in [0.717, 1.165) is 10.8 Å². The highest BCUT2D eigenvalue weighted by Crippen LogP contribution is 2.30. The number of phenols is 1. The van der Waals surface area contributed by atoms with Crippen LogP contribution in [-0.4, -0.2) is 33.5 Å². The third kappa shape index (κ3) is 2.42. The summed E-state index contributed by atoms with van der Waals surface area (Å²) in [4.78, 5) is 24.4. The number of likely N-dealkylation sites (tertiary alicyclic amines) is 1. The average Bonchev–Trinajstić information content (AvgIpc) is 2.84. The lowest BCUT2D eigenvalue weighted by Crippen LogP contribution is -2.25. The number of aromatic hydroxyl groups is 1. The standard InChI is InChI=1S/C16H15NO4/c18-14-6-5-10-3-1-2-4-12(10)13(14)9-17-8-11(16(20)21)7-15(17)19/h1-6,11,18H,7-9H2,(H,20,21). The molecule has 2 N–H and O–H groups in total. The van der Waals surface area contributed by atoms with Crippen LogP contribution >= 0.6 is 0 Å². The Balaban J connectivity index is 1.93. The maximum Gasteiger partial charge on any atom is 0.308 e. The van der Waals surface area contributed by atoms with Crippen molar-refractivity contribution in [3.8, 4) is 5.75 Å². The lowest BCUT2D eigenvalue weighted by molar-refractivity contribution is -0.141. The fourth-order valence-corrected chi connectivity index (χ4v) is 2.77. The number of fused-ring (bicyclic) bond motifs is 1. The molecule has 1 unspecified atom stereocenters. The van der Waals surface area contributed by atoms with Crippen molar-refractivity contribution in [2.75, 3.05) is 6.54 Å². The number of aliphatic carboxylic acids is 1. The van der Waals surface area contributed by atoms with Gasteiger partial charge in [0.15, 0.2) is 0 Å². The van der Waals surface area contributed by atoms with E-state index in [0.29, 0.717) is 5.56 Å². The molecule has 1 aliphatic rings. The second-order valence-corrected chi connectivity index (χ2v) is 5.30. The average molecular weight is 285 g/mol. The molecule has 21 heavy (non-hydrogen) atoms. The number of nitrogens with zero attached hydrogens (tertiary/aromatic N) is 1. The topological polar surface area (TPSA) is 77.8 Å². The Morgan fingerprint density at radius 3 is 2.71 bits per heavy atom. The normalized spacial score (nSPS) is 18.4.